The molecule has 3 rings (SSSR count). The summed E-state index contributed by atoms with van der Waals surface area (Å²) >= 11 is 0. The van der Waals surface area contributed by atoms with E-state index in [1.54, 1.807) is 18.3 Å². The molecule has 0 amide bonds. The number of nitrogens with one attached hydrogen (secondary N) is 1. The van der Waals surface area contributed by atoms with Crippen molar-refractivity contribution < 1.29 is 18.3 Å². The van der Waals surface area contributed by atoms with Crippen molar-refractivity contribution in [3.8, 4) is 17.0 Å². The lowest BCUT2D eigenvalue weighted by Gasteiger charge is -2.08. The molecular weight excluding hydrogens is 301 g/mol. The quantitative estimate of drug-likeness (QED) is 0.757. The van der Waals surface area contributed by atoms with Gasteiger partial charge in [-0.2, -0.15) is 22.8 Å². The molecule has 22 heavy (non-hydrogen) atoms. The van der Waals surface area contributed by atoms with Gasteiger partial charge >= 0.3 is 6.18 Å². The lowest BCUT2D eigenvalue weighted by molar-refractivity contribution is -0.127. The van der Waals surface area contributed by atoms with Crippen molar-refractivity contribution in [3.63, 3.8) is 0 Å². The number of aromatic hydroxyl groups is 1. The third-order valence-corrected chi connectivity index (χ3v) is 3.10. The van der Waals surface area contributed by atoms with Gasteiger partial charge in [0.25, 0.3) is 5.56 Å². The van der Waals surface area contributed by atoms with E-state index in [2.05, 4.69) is 15.1 Å². The standard InChI is InChI=1S/C13H9F3N4O2/c14-13(15,16)4-8-11(21)19-10-9(6-18-20(10)12(8)22)7-2-1-3-17-5-7/h1-3,5-6,22H,4H2,(H,19,21). The minimum Gasteiger partial charge on any atom is -0.493 e. The van der Waals surface area contributed by atoms with E-state index in [-0.39, 0.29) is 5.65 Å². The third-order valence-electron chi connectivity index (χ3n) is 3.10. The van der Waals surface area contributed by atoms with Crippen LogP contribution in [-0.4, -0.2) is 30.9 Å². The van der Waals surface area contributed by atoms with E-state index < -0.39 is 29.6 Å². The van der Waals surface area contributed by atoms with Crippen molar-refractivity contribution in [1.29, 1.82) is 0 Å². The molecule has 0 saturated carbocycles. The molecule has 3 aromatic rings. The summed E-state index contributed by atoms with van der Waals surface area (Å²) in [4.78, 5) is 18.1. The van der Waals surface area contributed by atoms with Crippen LogP contribution < -0.4 is 5.56 Å². The van der Waals surface area contributed by atoms with Gasteiger partial charge in [-0.25, -0.2) is 0 Å². The Morgan fingerprint density at radius 1 is 1.32 bits per heavy atom. The number of pyridine rings is 1. The van der Waals surface area contributed by atoms with E-state index in [4.69, 9.17) is 0 Å². The topological polar surface area (TPSA) is 83.3 Å². The summed E-state index contributed by atoms with van der Waals surface area (Å²) in [6.07, 6.45) is -1.75. The van der Waals surface area contributed by atoms with Crippen LogP contribution in [0.5, 0.6) is 5.88 Å². The van der Waals surface area contributed by atoms with Crippen LogP contribution in [0.3, 0.4) is 0 Å². The summed E-state index contributed by atoms with van der Waals surface area (Å²) in [5.74, 6) is -0.828. The molecule has 0 saturated heterocycles. The smallest absolute Gasteiger partial charge is 0.393 e. The van der Waals surface area contributed by atoms with Gasteiger partial charge in [0, 0.05) is 23.5 Å². The number of aromatic nitrogens is 4. The van der Waals surface area contributed by atoms with Gasteiger partial charge < -0.3 is 10.1 Å². The summed E-state index contributed by atoms with van der Waals surface area (Å²) in [6.45, 7) is 0. The Morgan fingerprint density at radius 2 is 2.09 bits per heavy atom. The van der Waals surface area contributed by atoms with E-state index in [1.165, 1.54) is 12.4 Å². The molecule has 0 spiro atoms. The lowest BCUT2D eigenvalue weighted by atomic mass is 10.1. The molecule has 0 aliphatic rings. The fraction of sp³-hybridized carbons (Fsp3) is 0.154. The van der Waals surface area contributed by atoms with Crippen molar-refractivity contribution >= 4 is 5.65 Å². The molecule has 0 bridgehead atoms. The zero-order valence-corrected chi connectivity index (χ0v) is 10.9. The summed E-state index contributed by atoms with van der Waals surface area (Å²) in [5, 5.41) is 13.7. The van der Waals surface area contributed by atoms with Crippen LogP contribution in [0.2, 0.25) is 0 Å². The number of hydrogen-bond acceptors (Lipinski definition) is 4. The van der Waals surface area contributed by atoms with E-state index >= 15 is 0 Å². The molecule has 0 aliphatic carbocycles. The van der Waals surface area contributed by atoms with Crippen molar-refractivity contribution in [2.24, 2.45) is 0 Å². The highest BCUT2D eigenvalue weighted by Crippen LogP contribution is 2.28. The second kappa shape index (κ2) is 4.86. The van der Waals surface area contributed by atoms with Crippen molar-refractivity contribution in [3.05, 3.63) is 46.6 Å². The number of nitrogens with zero attached hydrogens (tertiary/aromatic N) is 3. The van der Waals surface area contributed by atoms with Crippen LogP contribution >= 0.6 is 0 Å². The molecule has 3 heterocycles. The average Bonchev–Trinajstić information content (AvgIpc) is 2.87. The first-order valence-electron chi connectivity index (χ1n) is 6.16. The van der Waals surface area contributed by atoms with Crippen LogP contribution in [-0.2, 0) is 6.42 Å². The molecular formula is C13H9F3N4O2. The predicted molar refractivity (Wildman–Crippen MR) is 70.5 cm³/mol. The predicted octanol–water partition coefficient (Wildman–Crippen LogP) is 1.89. The Hall–Kier alpha value is -2.84. The van der Waals surface area contributed by atoms with Gasteiger partial charge in [-0.1, -0.05) is 6.07 Å². The van der Waals surface area contributed by atoms with Gasteiger partial charge in [0.15, 0.2) is 0 Å². The average molecular weight is 310 g/mol. The van der Waals surface area contributed by atoms with E-state index in [0.29, 0.717) is 11.1 Å². The first kappa shape index (κ1) is 14.1. The van der Waals surface area contributed by atoms with Gasteiger partial charge in [-0.3, -0.25) is 9.78 Å². The fourth-order valence-corrected chi connectivity index (χ4v) is 2.13. The van der Waals surface area contributed by atoms with Crippen LogP contribution in [0.4, 0.5) is 13.2 Å². The first-order chi connectivity index (χ1) is 10.4. The zero-order valence-electron chi connectivity index (χ0n) is 10.9. The molecule has 6 nitrogen and oxygen atoms in total. The normalized spacial score (nSPS) is 12.0. The van der Waals surface area contributed by atoms with E-state index in [0.717, 1.165) is 4.52 Å². The molecule has 0 aromatic carbocycles. The van der Waals surface area contributed by atoms with Crippen LogP contribution in [0.25, 0.3) is 16.8 Å². The van der Waals surface area contributed by atoms with Gasteiger partial charge in [0.2, 0.25) is 5.88 Å². The van der Waals surface area contributed by atoms with Crippen LogP contribution in [0, 0.1) is 0 Å². The Labute approximate surface area is 120 Å². The lowest BCUT2D eigenvalue weighted by Crippen LogP contribution is -2.22. The Kier molecular flexibility index (Phi) is 3.12. The molecule has 2 N–H and O–H groups in total. The van der Waals surface area contributed by atoms with Crippen LogP contribution in [0.15, 0.2) is 35.5 Å². The Balaban J connectivity index is 2.21. The minimum absolute atomic E-state index is 0.0985. The second-order valence-corrected chi connectivity index (χ2v) is 4.61. The maximum Gasteiger partial charge on any atom is 0.393 e. The van der Waals surface area contributed by atoms with Gasteiger partial charge in [0.05, 0.1) is 18.2 Å². The highest BCUT2D eigenvalue weighted by atomic mass is 19.4. The molecule has 9 heteroatoms. The molecule has 0 unspecified atom stereocenters. The number of hydrogen-bond donors (Lipinski definition) is 2. The summed E-state index contributed by atoms with van der Waals surface area (Å²) < 4.78 is 38.3. The minimum atomic E-state index is -4.61. The fourth-order valence-electron chi connectivity index (χ4n) is 2.13. The van der Waals surface area contributed by atoms with Crippen molar-refractivity contribution in [1.82, 2.24) is 19.6 Å². The molecule has 0 atom stereocenters. The number of aromatic amines is 1. The number of rotatable bonds is 2. The largest absolute Gasteiger partial charge is 0.493 e. The molecule has 0 radical (unpaired) electrons. The molecule has 114 valence electrons. The van der Waals surface area contributed by atoms with Gasteiger partial charge in [0.1, 0.15) is 5.65 Å². The van der Waals surface area contributed by atoms with Crippen molar-refractivity contribution in [2.75, 3.05) is 0 Å². The zero-order chi connectivity index (χ0) is 15.9. The maximum absolute atomic E-state index is 12.5. The summed E-state index contributed by atoms with van der Waals surface area (Å²) in [6, 6.07) is 3.36. The van der Waals surface area contributed by atoms with Gasteiger partial charge in [-0.05, 0) is 6.07 Å². The number of H-pyrrole nitrogens is 1. The second-order valence-electron chi connectivity index (χ2n) is 4.61. The highest BCUT2D eigenvalue weighted by Gasteiger charge is 2.32. The van der Waals surface area contributed by atoms with Gasteiger partial charge in [-0.15, -0.1) is 0 Å². The first-order valence-corrected chi connectivity index (χ1v) is 6.16. The Morgan fingerprint density at radius 3 is 2.73 bits per heavy atom. The SMILES string of the molecule is O=c1[nH]c2c(-c3cccnc3)cnn2c(O)c1CC(F)(F)F. The molecule has 0 fully saturated rings. The molecule has 0 aliphatic heterocycles. The number of alkyl halides is 3. The van der Waals surface area contributed by atoms with Crippen molar-refractivity contribution in [2.45, 2.75) is 12.6 Å². The number of halogens is 3. The monoisotopic (exact) mass is 310 g/mol. The summed E-state index contributed by atoms with van der Waals surface area (Å²) in [5.41, 5.74) is -0.634. The summed E-state index contributed by atoms with van der Waals surface area (Å²) in [7, 11) is 0. The Bertz CT molecular complexity index is 884. The maximum atomic E-state index is 12.5. The third kappa shape index (κ3) is 2.41. The highest BCUT2D eigenvalue weighted by molar-refractivity contribution is 5.76. The van der Waals surface area contributed by atoms with E-state index in [1.807, 2.05) is 0 Å². The van der Waals surface area contributed by atoms with E-state index in [9.17, 15) is 23.1 Å². The molecule has 3 aromatic heterocycles. The number of fused-ring (bicyclic) bond motifs is 1. The van der Waals surface area contributed by atoms with Crippen LogP contribution in [0.1, 0.15) is 5.56 Å².